The predicted molar refractivity (Wildman–Crippen MR) is 94.1 cm³/mol. The second-order valence-electron chi connectivity index (χ2n) is 7.53. The van der Waals surface area contributed by atoms with Crippen LogP contribution in [0.3, 0.4) is 0 Å². The van der Waals surface area contributed by atoms with E-state index in [2.05, 4.69) is 9.72 Å². The van der Waals surface area contributed by atoms with Crippen molar-refractivity contribution in [1.82, 2.24) is 4.98 Å². The van der Waals surface area contributed by atoms with E-state index in [4.69, 9.17) is 0 Å². The maximum Gasteiger partial charge on any atom is 0.344 e. The average molecular weight is 447 g/mol. The van der Waals surface area contributed by atoms with Crippen molar-refractivity contribution in [3.63, 3.8) is 0 Å². The highest BCUT2D eigenvalue weighted by Crippen LogP contribution is 2.55. The summed E-state index contributed by atoms with van der Waals surface area (Å²) in [5, 5.41) is 0.199. The highest BCUT2D eigenvalue weighted by molar-refractivity contribution is 5.94. The number of pyridine rings is 1. The van der Waals surface area contributed by atoms with E-state index < -0.39 is 64.0 Å². The van der Waals surface area contributed by atoms with Crippen LogP contribution >= 0.6 is 0 Å². The fourth-order valence-corrected chi connectivity index (χ4v) is 3.38. The van der Waals surface area contributed by atoms with Crippen LogP contribution in [0.1, 0.15) is 35.2 Å². The summed E-state index contributed by atoms with van der Waals surface area (Å²) in [5.74, 6) is -14.7. The molecule has 1 fully saturated rings. The SMILES string of the molecule is CC1(F)C(F)=C(F)C(F)=C(F)C1OC(=O)c1cc2ccc(C3CC3(F)F)cc2[nH]c1=O. The monoisotopic (exact) mass is 447 g/mol. The molecule has 1 aromatic heterocycles. The third-order valence-electron chi connectivity index (χ3n) is 5.29. The van der Waals surface area contributed by atoms with Crippen LogP contribution in [0.5, 0.6) is 0 Å². The van der Waals surface area contributed by atoms with E-state index >= 15 is 0 Å². The zero-order valence-electron chi connectivity index (χ0n) is 15.5. The summed E-state index contributed by atoms with van der Waals surface area (Å²) in [4.78, 5) is 26.8. The number of benzene rings is 1. The molecule has 1 N–H and O–H groups in total. The van der Waals surface area contributed by atoms with Crippen molar-refractivity contribution in [1.29, 1.82) is 0 Å². The van der Waals surface area contributed by atoms with Crippen molar-refractivity contribution in [2.45, 2.75) is 37.0 Å². The van der Waals surface area contributed by atoms with Crippen LogP contribution in [0, 0.1) is 0 Å². The standard InChI is InChI=1S/C20H12F7NO3/c1-19(25)15(24)13(22)12(21)14(23)16(19)31-18(30)9-4-8-3-2-7(10-6-20(10,26)27)5-11(8)28-17(9)29/h2-5,10,16H,6H2,1H3,(H,28,29). The summed E-state index contributed by atoms with van der Waals surface area (Å²) in [5.41, 5.74) is -5.04. The van der Waals surface area contributed by atoms with E-state index in [1.807, 2.05) is 0 Å². The fraction of sp³-hybridized carbons (Fsp3) is 0.300. The van der Waals surface area contributed by atoms with Gasteiger partial charge in [-0.25, -0.2) is 35.5 Å². The fourth-order valence-electron chi connectivity index (χ4n) is 3.38. The number of hydrogen-bond acceptors (Lipinski definition) is 3. The molecule has 2 aliphatic rings. The predicted octanol–water partition coefficient (Wildman–Crippen LogP) is 5.22. The normalized spacial score (nSPS) is 27.6. The van der Waals surface area contributed by atoms with E-state index in [0.29, 0.717) is 6.92 Å². The molecule has 1 heterocycles. The smallest absolute Gasteiger partial charge is 0.344 e. The first-order chi connectivity index (χ1) is 14.3. The zero-order chi connectivity index (χ0) is 22.9. The van der Waals surface area contributed by atoms with Crippen molar-refractivity contribution < 1.29 is 40.3 Å². The van der Waals surface area contributed by atoms with Gasteiger partial charge in [-0.3, -0.25) is 4.79 Å². The Kier molecular flexibility index (Phi) is 4.56. The number of alkyl halides is 3. The Hall–Kier alpha value is -3.11. The molecule has 11 heteroatoms. The van der Waals surface area contributed by atoms with Gasteiger partial charge in [0.05, 0.1) is 5.92 Å². The largest absolute Gasteiger partial charge is 0.447 e. The van der Waals surface area contributed by atoms with Gasteiger partial charge in [0.25, 0.3) is 11.5 Å². The number of carbonyl (C=O) groups excluding carboxylic acids is 1. The van der Waals surface area contributed by atoms with Crippen LogP contribution < -0.4 is 5.56 Å². The molecule has 2 aromatic rings. The number of nitrogens with one attached hydrogen (secondary N) is 1. The Bertz CT molecular complexity index is 1250. The molecule has 164 valence electrons. The van der Waals surface area contributed by atoms with E-state index in [9.17, 15) is 40.3 Å². The maximum absolute atomic E-state index is 14.5. The van der Waals surface area contributed by atoms with Crippen molar-refractivity contribution in [3.8, 4) is 0 Å². The molecule has 4 rings (SSSR count). The summed E-state index contributed by atoms with van der Waals surface area (Å²) >= 11 is 0. The Labute approximate surface area is 169 Å². The number of H-pyrrole nitrogens is 1. The van der Waals surface area contributed by atoms with Crippen LogP contribution in [0.2, 0.25) is 0 Å². The lowest BCUT2D eigenvalue weighted by Crippen LogP contribution is -2.43. The van der Waals surface area contributed by atoms with Gasteiger partial charge in [0, 0.05) is 11.9 Å². The molecular formula is C20H12F7NO3. The quantitative estimate of drug-likeness (QED) is 0.519. The van der Waals surface area contributed by atoms with Crippen molar-refractivity contribution >= 4 is 16.9 Å². The highest BCUT2D eigenvalue weighted by Gasteiger charge is 2.57. The maximum atomic E-state index is 14.5. The van der Waals surface area contributed by atoms with Gasteiger partial charge in [0.1, 0.15) is 5.56 Å². The third kappa shape index (κ3) is 3.31. The number of halogens is 7. The molecule has 2 aliphatic carbocycles. The molecule has 1 saturated carbocycles. The van der Waals surface area contributed by atoms with Crippen LogP contribution in [0.4, 0.5) is 30.7 Å². The molecule has 3 unspecified atom stereocenters. The van der Waals surface area contributed by atoms with Gasteiger partial charge in [0.2, 0.25) is 5.67 Å². The summed E-state index contributed by atoms with van der Waals surface area (Å²) in [6, 6.07) is 4.97. The number of rotatable bonds is 3. The van der Waals surface area contributed by atoms with Gasteiger partial charge in [-0.15, -0.1) is 0 Å². The minimum absolute atomic E-state index is 0.114. The zero-order valence-corrected chi connectivity index (χ0v) is 15.5. The number of hydrogen-bond donors (Lipinski definition) is 1. The second kappa shape index (κ2) is 6.69. The van der Waals surface area contributed by atoms with Gasteiger partial charge in [-0.05, 0) is 30.0 Å². The molecule has 31 heavy (non-hydrogen) atoms. The molecule has 4 nitrogen and oxygen atoms in total. The Morgan fingerprint density at radius 2 is 1.74 bits per heavy atom. The summed E-state index contributed by atoms with van der Waals surface area (Å²) < 4.78 is 99.9. The Balaban J connectivity index is 1.66. The Morgan fingerprint density at radius 1 is 1.10 bits per heavy atom. The van der Waals surface area contributed by atoms with E-state index in [1.165, 1.54) is 18.2 Å². The average Bonchev–Trinajstić information content (AvgIpc) is 3.35. The van der Waals surface area contributed by atoms with Crippen molar-refractivity contribution in [2.24, 2.45) is 0 Å². The van der Waals surface area contributed by atoms with E-state index in [0.717, 1.165) is 6.07 Å². The van der Waals surface area contributed by atoms with Crippen LogP contribution in [-0.4, -0.2) is 28.6 Å². The molecule has 0 spiro atoms. The molecule has 0 aliphatic heterocycles. The molecule has 1 aromatic carbocycles. The van der Waals surface area contributed by atoms with Gasteiger partial charge in [0.15, 0.2) is 29.4 Å². The number of esters is 1. The lowest BCUT2D eigenvalue weighted by molar-refractivity contribution is -0.0212. The number of allylic oxidation sites excluding steroid dienone is 2. The summed E-state index contributed by atoms with van der Waals surface area (Å²) in [7, 11) is 0. The summed E-state index contributed by atoms with van der Waals surface area (Å²) in [6.45, 7) is 0.339. The van der Waals surface area contributed by atoms with Crippen molar-refractivity contribution in [2.75, 3.05) is 0 Å². The number of ether oxygens (including phenoxy) is 1. The molecule has 0 amide bonds. The van der Waals surface area contributed by atoms with Crippen molar-refractivity contribution in [3.05, 3.63) is 69.1 Å². The van der Waals surface area contributed by atoms with Gasteiger partial charge < -0.3 is 9.72 Å². The molecule has 3 atom stereocenters. The van der Waals surface area contributed by atoms with Crippen LogP contribution in [-0.2, 0) is 4.74 Å². The molecular weight excluding hydrogens is 435 g/mol. The van der Waals surface area contributed by atoms with E-state index in [-0.39, 0.29) is 22.9 Å². The van der Waals surface area contributed by atoms with Gasteiger partial charge >= 0.3 is 5.97 Å². The topological polar surface area (TPSA) is 59.2 Å². The second-order valence-corrected chi connectivity index (χ2v) is 7.53. The molecule has 0 radical (unpaired) electrons. The van der Waals surface area contributed by atoms with Crippen LogP contribution in [0.25, 0.3) is 10.9 Å². The lowest BCUT2D eigenvalue weighted by Gasteiger charge is -2.30. The summed E-state index contributed by atoms with van der Waals surface area (Å²) in [6.07, 6.45) is -3.15. The molecule has 0 saturated heterocycles. The first kappa shape index (κ1) is 21.1. The minimum atomic E-state index is -3.56. The van der Waals surface area contributed by atoms with Gasteiger partial charge in [-0.2, -0.15) is 0 Å². The lowest BCUT2D eigenvalue weighted by atomic mass is 9.92. The number of aromatic amines is 1. The molecule has 0 bridgehead atoms. The van der Waals surface area contributed by atoms with E-state index in [1.54, 1.807) is 0 Å². The Morgan fingerprint density at radius 3 is 2.35 bits per heavy atom. The number of carbonyl (C=O) groups is 1. The highest BCUT2D eigenvalue weighted by atomic mass is 19.3. The number of fused-ring (bicyclic) bond motifs is 1. The first-order valence-corrected chi connectivity index (χ1v) is 8.90. The first-order valence-electron chi connectivity index (χ1n) is 8.90. The minimum Gasteiger partial charge on any atom is -0.447 e. The third-order valence-corrected chi connectivity index (χ3v) is 5.29. The van der Waals surface area contributed by atoms with Gasteiger partial charge in [-0.1, -0.05) is 12.1 Å². The van der Waals surface area contributed by atoms with Crippen LogP contribution in [0.15, 0.2) is 52.4 Å². The number of aromatic nitrogens is 1.